The summed E-state index contributed by atoms with van der Waals surface area (Å²) in [6, 6.07) is 7.22. The predicted molar refractivity (Wildman–Crippen MR) is 97.1 cm³/mol. The third kappa shape index (κ3) is 5.51. The maximum Gasteiger partial charge on any atom is 0.251 e. The molecule has 2 aromatic rings. The van der Waals surface area contributed by atoms with Crippen LogP contribution in [-0.2, 0) is 11.2 Å². The fourth-order valence-electron chi connectivity index (χ4n) is 1.98. The lowest BCUT2D eigenvalue weighted by Crippen LogP contribution is -2.16. The zero-order chi connectivity index (χ0) is 16.8. The second-order valence-electron chi connectivity index (χ2n) is 5.11. The van der Waals surface area contributed by atoms with Crippen molar-refractivity contribution >= 4 is 39.3 Å². The molecule has 122 valence electrons. The van der Waals surface area contributed by atoms with Gasteiger partial charge in [0.15, 0.2) is 5.16 Å². The standard InChI is InChI=1S/C16H18BrN3O2S/c1-3-4-11-8-14(21)20-16(18-11)23-9-15(22)19-13-6-5-10(2)7-12(13)17/h5-8H,3-4,9H2,1-2H3,(H,19,22)(H,18,20,21). The number of rotatable bonds is 6. The molecule has 0 spiro atoms. The normalized spacial score (nSPS) is 10.6. The topological polar surface area (TPSA) is 74.8 Å². The highest BCUT2D eigenvalue weighted by molar-refractivity contribution is 9.10. The Kier molecular flexibility index (Phi) is 6.41. The molecule has 0 radical (unpaired) electrons. The Morgan fingerprint density at radius 2 is 2.17 bits per heavy atom. The molecule has 0 saturated heterocycles. The van der Waals surface area contributed by atoms with Gasteiger partial charge in [0.2, 0.25) is 5.91 Å². The maximum absolute atomic E-state index is 12.0. The quantitative estimate of drug-likeness (QED) is 0.579. The summed E-state index contributed by atoms with van der Waals surface area (Å²) in [7, 11) is 0. The minimum Gasteiger partial charge on any atom is -0.324 e. The molecular formula is C16H18BrN3O2S. The zero-order valence-corrected chi connectivity index (χ0v) is 15.4. The number of nitrogens with one attached hydrogen (secondary N) is 2. The van der Waals surface area contributed by atoms with Crippen LogP contribution < -0.4 is 10.9 Å². The molecule has 1 aromatic heterocycles. The van der Waals surface area contributed by atoms with Crippen molar-refractivity contribution in [1.82, 2.24) is 9.97 Å². The lowest BCUT2D eigenvalue weighted by molar-refractivity contribution is -0.113. The van der Waals surface area contributed by atoms with Crippen LogP contribution in [0.4, 0.5) is 5.69 Å². The molecule has 1 aromatic carbocycles. The van der Waals surface area contributed by atoms with E-state index in [0.29, 0.717) is 5.16 Å². The predicted octanol–water partition coefficient (Wildman–Crippen LogP) is 3.52. The second kappa shape index (κ2) is 8.31. The highest BCUT2D eigenvalue weighted by Crippen LogP contribution is 2.23. The maximum atomic E-state index is 12.0. The van der Waals surface area contributed by atoms with E-state index in [1.54, 1.807) is 0 Å². The number of H-pyrrole nitrogens is 1. The number of hydrogen-bond acceptors (Lipinski definition) is 4. The summed E-state index contributed by atoms with van der Waals surface area (Å²) in [5.74, 6) is 0.0295. The first-order valence-corrected chi connectivity index (χ1v) is 9.05. The molecule has 2 rings (SSSR count). The van der Waals surface area contributed by atoms with Crippen LogP contribution in [0.2, 0.25) is 0 Å². The van der Waals surface area contributed by atoms with E-state index < -0.39 is 0 Å². The van der Waals surface area contributed by atoms with Gasteiger partial charge in [-0.15, -0.1) is 0 Å². The van der Waals surface area contributed by atoms with Crippen molar-refractivity contribution in [1.29, 1.82) is 0 Å². The summed E-state index contributed by atoms with van der Waals surface area (Å²) < 4.78 is 0.840. The highest BCUT2D eigenvalue weighted by Gasteiger charge is 2.08. The number of benzene rings is 1. The van der Waals surface area contributed by atoms with E-state index in [9.17, 15) is 9.59 Å². The van der Waals surface area contributed by atoms with Gasteiger partial charge in [0.25, 0.3) is 5.56 Å². The van der Waals surface area contributed by atoms with Crippen LogP contribution in [0.1, 0.15) is 24.6 Å². The van der Waals surface area contributed by atoms with Crippen LogP contribution in [0.3, 0.4) is 0 Å². The summed E-state index contributed by atoms with van der Waals surface area (Å²) in [6.45, 7) is 4.01. The molecule has 0 saturated carbocycles. The Bertz CT molecular complexity index is 761. The smallest absolute Gasteiger partial charge is 0.251 e. The fourth-order valence-corrected chi connectivity index (χ4v) is 3.26. The van der Waals surface area contributed by atoms with Crippen molar-refractivity contribution in [3.8, 4) is 0 Å². The van der Waals surface area contributed by atoms with Gasteiger partial charge in [-0.05, 0) is 47.0 Å². The van der Waals surface area contributed by atoms with E-state index >= 15 is 0 Å². The Balaban J connectivity index is 1.97. The molecule has 7 heteroatoms. The highest BCUT2D eigenvalue weighted by atomic mass is 79.9. The molecular weight excluding hydrogens is 378 g/mol. The number of carbonyl (C=O) groups excluding carboxylic acids is 1. The van der Waals surface area contributed by atoms with Gasteiger partial charge < -0.3 is 10.3 Å². The van der Waals surface area contributed by atoms with Gasteiger partial charge in [-0.1, -0.05) is 31.2 Å². The largest absolute Gasteiger partial charge is 0.324 e. The number of nitrogens with zero attached hydrogens (tertiary/aromatic N) is 1. The van der Waals surface area contributed by atoms with Gasteiger partial charge in [0, 0.05) is 16.2 Å². The molecule has 0 atom stereocenters. The lowest BCUT2D eigenvalue weighted by Gasteiger charge is -2.08. The third-order valence-corrected chi connectivity index (χ3v) is 4.55. The summed E-state index contributed by atoms with van der Waals surface area (Å²) in [6.07, 6.45) is 1.67. The van der Waals surface area contributed by atoms with E-state index in [1.807, 2.05) is 32.0 Å². The van der Waals surface area contributed by atoms with E-state index in [2.05, 4.69) is 31.2 Å². The Morgan fingerprint density at radius 3 is 2.87 bits per heavy atom. The van der Waals surface area contributed by atoms with Crippen molar-refractivity contribution < 1.29 is 4.79 Å². The number of carbonyl (C=O) groups is 1. The van der Waals surface area contributed by atoms with Crippen LogP contribution in [0, 0.1) is 6.92 Å². The first-order chi connectivity index (χ1) is 11.0. The summed E-state index contributed by atoms with van der Waals surface area (Å²) in [5.41, 5.74) is 2.40. The van der Waals surface area contributed by atoms with Crippen molar-refractivity contribution in [2.24, 2.45) is 0 Å². The summed E-state index contributed by atoms with van der Waals surface area (Å²) >= 11 is 4.64. The fraction of sp³-hybridized carbons (Fsp3) is 0.312. The summed E-state index contributed by atoms with van der Waals surface area (Å²) in [5, 5.41) is 3.31. The lowest BCUT2D eigenvalue weighted by atomic mass is 10.2. The monoisotopic (exact) mass is 395 g/mol. The first-order valence-electron chi connectivity index (χ1n) is 7.27. The van der Waals surface area contributed by atoms with Crippen LogP contribution >= 0.6 is 27.7 Å². The van der Waals surface area contributed by atoms with E-state index in [1.165, 1.54) is 17.8 Å². The molecule has 1 heterocycles. The zero-order valence-electron chi connectivity index (χ0n) is 13.0. The van der Waals surface area contributed by atoms with E-state index in [-0.39, 0.29) is 17.2 Å². The molecule has 0 unspecified atom stereocenters. The molecule has 1 amide bonds. The van der Waals surface area contributed by atoms with E-state index in [4.69, 9.17) is 0 Å². The Labute approximate surface area is 147 Å². The van der Waals surface area contributed by atoms with Crippen molar-refractivity contribution in [2.45, 2.75) is 31.8 Å². The van der Waals surface area contributed by atoms with Crippen molar-refractivity contribution in [2.75, 3.05) is 11.1 Å². The summed E-state index contributed by atoms with van der Waals surface area (Å²) in [4.78, 5) is 30.6. The number of amides is 1. The number of anilines is 1. The van der Waals surface area contributed by atoms with Crippen molar-refractivity contribution in [3.05, 3.63) is 50.3 Å². The third-order valence-electron chi connectivity index (χ3n) is 3.02. The molecule has 0 aliphatic heterocycles. The van der Waals surface area contributed by atoms with Gasteiger partial charge in [-0.3, -0.25) is 9.59 Å². The van der Waals surface area contributed by atoms with Crippen LogP contribution in [-0.4, -0.2) is 21.6 Å². The average molecular weight is 396 g/mol. The average Bonchev–Trinajstić information content (AvgIpc) is 2.48. The van der Waals surface area contributed by atoms with E-state index in [0.717, 1.165) is 34.3 Å². The van der Waals surface area contributed by atoms with Crippen LogP contribution in [0.5, 0.6) is 0 Å². The number of thioether (sulfide) groups is 1. The minimum atomic E-state index is -0.187. The molecule has 0 bridgehead atoms. The minimum absolute atomic E-state index is 0.150. The number of hydrogen-bond donors (Lipinski definition) is 2. The van der Waals surface area contributed by atoms with Gasteiger partial charge in [-0.25, -0.2) is 4.98 Å². The van der Waals surface area contributed by atoms with Gasteiger partial charge in [-0.2, -0.15) is 0 Å². The Hall–Kier alpha value is -1.60. The number of aryl methyl sites for hydroxylation is 2. The molecule has 0 fully saturated rings. The van der Waals surface area contributed by atoms with Crippen LogP contribution in [0.25, 0.3) is 0 Å². The molecule has 0 aliphatic carbocycles. The first kappa shape index (κ1) is 17.7. The SMILES string of the molecule is CCCc1cc(=O)[nH]c(SCC(=O)Nc2ccc(C)cc2Br)n1. The number of aromatic nitrogens is 2. The van der Waals surface area contributed by atoms with Gasteiger partial charge in [0.05, 0.1) is 11.4 Å². The molecule has 23 heavy (non-hydrogen) atoms. The number of halogens is 1. The molecule has 5 nitrogen and oxygen atoms in total. The van der Waals surface area contributed by atoms with Gasteiger partial charge >= 0.3 is 0 Å². The van der Waals surface area contributed by atoms with Gasteiger partial charge in [0.1, 0.15) is 0 Å². The molecule has 2 N–H and O–H groups in total. The second-order valence-corrected chi connectivity index (χ2v) is 6.93. The molecule has 0 aliphatic rings. The Morgan fingerprint density at radius 1 is 1.39 bits per heavy atom. The van der Waals surface area contributed by atoms with Crippen molar-refractivity contribution in [3.63, 3.8) is 0 Å². The van der Waals surface area contributed by atoms with Crippen LogP contribution in [0.15, 0.2) is 38.7 Å². The number of aromatic amines is 1.